The van der Waals surface area contributed by atoms with Gasteiger partial charge < -0.3 is 5.11 Å². The molecule has 4 heteroatoms. The topological polar surface area (TPSA) is 54.4 Å². The van der Waals surface area contributed by atoms with Crippen LogP contribution in [0, 0.1) is 5.82 Å². The van der Waals surface area contributed by atoms with Crippen molar-refractivity contribution in [3.05, 3.63) is 35.1 Å². The van der Waals surface area contributed by atoms with E-state index in [1.54, 1.807) is 0 Å². The van der Waals surface area contributed by atoms with E-state index in [9.17, 15) is 19.1 Å². The number of carboxylic acids is 1. The Kier molecular flexibility index (Phi) is 2.96. The normalized spacial score (nSPS) is 17.9. The van der Waals surface area contributed by atoms with Crippen LogP contribution in [-0.2, 0) is 10.2 Å². The molecule has 90 valence electrons. The minimum absolute atomic E-state index is 0.274. The molecule has 1 aliphatic carbocycles. The van der Waals surface area contributed by atoms with Crippen molar-refractivity contribution in [2.75, 3.05) is 0 Å². The third kappa shape index (κ3) is 1.84. The Bertz CT molecular complexity index is 462. The van der Waals surface area contributed by atoms with E-state index in [0.717, 1.165) is 12.8 Å². The Balaban J connectivity index is 2.60. The first-order valence-corrected chi connectivity index (χ1v) is 5.59. The molecule has 0 aromatic heterocycles. The Morgan fingerprint density at radius 3 is 2.53 bits per heavy atom. The summed E-state index contributed by atoms with van der Waals surface area (Å²) in [6.07, 6.45) is 3.11. The van der Waals surface area contributed by atoms with Gasteiger partial charge in [-0.2, -0.15) is 0 Å². The molecule has 0 unspecified atom stereocenters. The summed E-state index contributed by atoms with van der Waals surface area (Å²) in [7, 11) is 0. The molecule has 1 aliphatic rings. The summed E-state index contributed by atoms with van der Waals surface area (Å²) in [6, 6.07) is 3.71. The lowest BCUT2D eigenvalue weighted by molar-refractivity contribution is -0.143. The molecule has 2 rings (SSSR count). The Morgan fingerprint density at radius 1 is 1.35 bits per heavy atom. The molecule has 1 fully saturated rings. The fourth-order valence-corrected chi connectivity index (χ4v) is 2.62. The maximum atomic E-state index is 13.3. The van der Waals surface area contributed by atoms with Gasteiger partial charge in [-0.1, -0.05) is 12.8 Å². The fraction of sp³-hybridized carbons (Fsp3) is 0.385. The maximum absolute atomic E-state index is 13.3. The van der Waals surface area contributed by atoms with Crippen LogP contribution in [0.4, 0.5) is 4.39 Å². The molecule has 0 atom stereocenters. The molecule has 3 nitrogen and oxygen atoms in total. The molecule has 0 heterocycles. The molecule has 0 spiro atoms. The zero-order valence-corrected chi connectivity index (χ0v) is 9.28. The van der Waals surface area contributed by atoms with Crippen LogP contribution < -0.4 is 0 Å². The summed E-state index contributed by atoms with van der Waals surface area (Å²) in [5.74, 6) is -1.47. The van der Waals surface area contributed by atoms with E-state index < -0.39 is 17.2 Å². The molecular formula is C13H13FO3. The molecule has 17 heavy (non-hydrogen) atoms. The van der Waals surface area contributed by atoms with Gasteiger partial charge in [-0.05, 0) is 36.6 Å². The summed E-state index contributed by atoms with van der Waals surface area (Å²) in [5, 5.41) is 9.39. The number of carboxylic acid groups (broad SMARTS) is 1. The lowest BCUT2D eigenvalue weighted by Gasteiger charge is -2.25. The minimum Gasteiger partial charge on any atom is -0.481 e. The number of carbonyl (C=O) groups is 2. The number of aliphatic carboxylic acids is 1. The summed E-state index contributed by atoms with van der Waals surface area (Å²) in [5.41, 5.74) is -0.494. The number of rotatable bonds is 3. The molecule has 1 N–H and O–H groups in total. The monoisotopic (exact) mass is 236 g/mol. The minimum atomic E-state index is -1.08. The van der Waals surface area contributed by atoms with Crippen LogP contribution in [0.5, 0.6) is 0 Å². The van der Waals surface area contributed by atoms with Crippen molar-refractivity contribution in [1.82, 2.24) is 0 Å². The van der Waals surface area contributed by atoms with E-state index in [2.05, 4.69) is 0 Å². The highest BCUT2D eigenvalue weighted by Crippen LogP contribution is 2.42. The van der Waals surface area contributed by atoms with Gasteiger partial charge in [0.15, 0.2) is 0 Å². The third-order valence-corrected chi connectivity index (χ3v) is 3.52. The lowest BCUT2D eigenvalue weighted by Crippen LogP contribution is -2.33. The van der Waals surface area contributed by atoms with Crippen LogP contribution in [0.25, 0.3) is 0 Å². The van der Waals surface area contributed by atoms with Gasteiger partial charge in [0.1, 0.15) is 12.1 Å². The maximum Gasteiger partial charge on any atom is 0.314 e. The molecule has 0 amide bonds. The van der Waals surface area contributed by atoms with Crippen molar-refractivity contribution in [1.29, 1.82) is 0 Å². The number of benzene rings is 1. The average molecular weight is 236 g/mol. The lowest BCUT2D eigenvalue weighted by atomic mass is 9.77. The molecule has 1 aromatic rings. The van der Waals surface area contributed by atoms with Gasteiger partial charge >= 0.3 is 5.97 Å². The SMILES string of the molecule is O=Cc1ccc(F)cc1C1(C(=O)O)CCCC1. The number of carbonyl (C=O) groups excluding carboxylic acids is 1. The first-order chi connectivity index (χ1) is 8.10. The van der Waals surface area contributed by atoms with Crippen molar-refractivity contribution in [2.24, 2.45) is 0 Å². The number of halogens is 1. The van der Waals surface area contributed by atoms with E-state index in [-0.39, 0.29) is 5.56 Å². The standard InChI is InChI=1S/C13H13FO3/c14-10-4-3-9(8-15)11(7-10)13(12(16)17)5-1-2-6-13/h3-4,7-8H,1-2,5-6H2,(H,16,17). The highest BCUT2D eigenvalue weighted by molar-refractivity contribution is 5.87. The highest BCUT2D eigenvalue weighted by atomic mass is 19.1. The van der Waals surface area contributed by atoms with E-state index in [4.69, 9.17) is 0 Å². The quantitative estimate of drug-likeness (QED) is 0.820. The van der Waals surface area contributed by atoms with E-state index in [1.165, 1.54) is 18.2 Å². The first kappa shape index (κ1) is 11.8. The van der Waals surface area contributed by atoms with Crippen LogP contribution in [-0.4, -0.2) is 17.4 Å². The van der Waals surface area contributed by atoms with Gasteiger partial charge in [0, 0.05) is 5.56 Å². The number of aldehydes is 1. The van der Waals surface area contributed by atoms with Crippen LogP contribution in [0.3, 0.4) is 0 Å². The van der Waals surface area contributed by atoms with Gasteiger partial charge in [-0.25, -0.2) is 4.39 Å². The molecular weight excluding hydrogens is 223 g/mol. The highest BCUT2D eigenvalue weighted by Gasteiger charge is 2.44. The van der Waals surface area contributed by atoms with Gasteiger partial charge in [0.25, 0.3) is 0 Å². The van der Waals surface area contributed by atoms with Gasteiger partial charge in [0.05, 0.1) is 5.41 Å². The van der Waals surface area contributed by atoms with Crippen LogP contribution in [0.2, 0.25) is 0 Å². The summed E-state index contributed by atoms with van der Waals surface area (Å²) >= 11 is 0. The largest absolute Gasteiger partial charge is 0.481 e. The Labute approximate surface area is 98.3 Å². The number of hydrogen-bond donors (Lipinski definition) is 1. The van der Waals surface area contributed by atoms with E-state index in [1.807, 2.05) is 0 Å². The van der Waals surface area contributed by atoms with Crippen molar-refractivity contribution < 1.29 is 19.1 Å². The van der Waals surface area contributed by atoms with E-state index >= 15 is 0 Å². The number of hydrogen-bond acceptors (Lipinski definition) is 2. The Hall–Kier alpha value is -1.71. The predicted molar refractivity (Wildman–Crippen MR) is 59.6 cm³/mol. The van der Waals surface area contributed by atoms with Crippen LogP contribution in [0.15, 0.2) is 18.2 Å². The van der Waals surface area contributed by atoms with Crippen molar-refractivity contribution in [3.8, 4) is 0 Å². The summed E-state index contributed by atoms with van der Waals surface area (Å²) in [6.45, 7) is 0. The molecule has 1 saturated carbocycles. The summed E-state index contributed by atoms with van der Waals surface area (Å²) in [4.78, 5) is 22.4. The molecule has 0 saturated heterocycles. The summed E-state index contributed by atoms with van der Waals surface area (Å²) < 4.78 is 13.3. The van der Waals surface area contributed by atoms with Gasteiger partial charge in [0.2, 0.25) is 0 Å². The first-order valence-electron chi connectivity index (χ1n) is 5.59. The van der Waals surface area contributed by atoms with Gasteiger partial charge in [-0.15, -0.1) is 0 Å². The van der Waals surface area contributed by atoms with Crippen LogP contribution in [0.1, 0.15) is 41.6 Å². The molecule has 1 aromatic carbocycles. The van der Waals surface area contributed by atoms with E-state index in [0.29, 0.717) is 24.7 Å². The molecule has 0 aliphatic heterocycles. The third-order valence-electron chi connectivity index (χ3n) is 3.52. The van der Waals surface area contributed by atoms with Crippen molar-refractivity contribution in [3.63, 3.8) is 0 Å². The van der Waals surface area contributed by atoms with Crippen molar-refractivity contribution >= 4 is 12.3 Å². The smallest absolute Gasteiger partial charge is 0.314 e. The second kappa shape index (κ2) is 4.28. The molecule has 0 radical (unpaired) electrons. The average Bonchev–Trinajstić information content (AvgIpc) is 2.79. The zero-order valence-electron chi connectivity index (χ0n) is 9.28. The molecule has 0 bridgehead atoms. The zero-order chi connectivity index (χ0) is 12.5. The Morgan fingerprint density at radius 2 is 2.00 bits per heavy atom. The second-order valence-electron chi connectivity index (χ2n) is 4.44. The van der Waals surface area contributed by atoms with Crippen molar-refractivity contribution in [2.45, 2.75) is 31.1 Å². The fourth-order valence-electron chi connectivity index (χ4n) is 2.62. The second-order valence-corrected chi connectivity index (χ2v) is 4.44. The van der Waals surface area contributed by atoms with Crippen LogP contribution >= 0.6 is 0 Å². The van der Waals surface area contributed by atoms with Gasteiger partial charge in [-0.3, -0.25) is 9.59 Å². The predicted octanol–water partition coefficient (Wildman–Crippen LogP) is 2.53.